The van der Waals surface area contributed by atoms with E-state index >= 15 is 13.2 Å². The van der Waals surface area contributed by atoms with Crippen LogP contribution in [-0.2, 0) is 13.2 Å². The van der Waals surface area contributed by atoms with E-state index in [1.54, 1.807) is 24.3 Å². The van der Waals surface area contributed by atoms with Crippen LogP contribution in [0.4, 0.5) is 24.8 Å². The number of allylic oxidation sites excluding steroid dienone is 5. The number of carbonyl (C=O) groups excluding carboxylic acids is 1. The number of rotatable bonds is 9. The monoisotopic (exact) mass is 803 g/mol. The number of nitrogens with one attached hydrogen (secondary N) is 2. The van der Waals surface area contributed by atoms with Crippen LogP contribution in [0.3, 0.4) is 0 Å². The molecule has 0 saturated carbocycles. The highest BCUT2D eigenvalue weighted by atomic mass is 28.3. The van der Waals surface area contributed by atoms with E-state index in [9.17, 15) is 14.7 Å². The summed E-state index contributed by atoms with van der Waals surface area (Å²) in [5, 5.41) is 14.7. The van der Waals surface area contributed by atoms with Crippen molar-refractivity contribution in [1.82, 2.24) is 25.3 Å². The third kappa shape index (κ3) is 6.14. The van der Waals surface area contributed by atoms with Gasteiger partial charge in [0.25, 0.3) is 5.91 Å². The van der Waals surface area contributed by atoms with Crippen molar-refractivity contribution in [2.24, 2.45) is 0 Å². The van der Waals surface area contributed by atoms with Crippen molar-refractivity contribution in [3.8, 4) is 5.88 Å². The van der Waals surface area contributed by atoms with E-state index in [4.69, 9.17) is 10.5 Å². The summed E-state index contributed by atoms with van der Waals surface area (Å²) in [5.74, 6) is -8.02. The standard InChI is InChI=1S/C42H37F3N8O4Si/c1-58(2)28-17-24(52-13-3-14-52)9-11-26(28)30(27-12-10-25(18-29(27)58)53-15-4-16-53)31-32(41(55)56)35(44)36(45)33(34(31)43)39(54)47-19-22-5-7-23(8-6-22)20-57-40-37-38(49-21-48-37)50-42(46)51-40/h5-12,17-18,21H,3-4,13-16,19-20H2,1-2H3,(H4-,46,47,48,49,50,51,54,55,56)/p+1. The van der Waals surface area contributed by atoms with Crippen LogP contribution >= 0.6 is 0 Å². The molecule has 2 aromatic heterocycles. The topological polar surface area (TPSA) is 162 Å². The summed E-state index contributed by atoms with van der Waals surface area (Å²) >= 11 is 0. The molecule has 0 atom stereocenters. The summed E-state index contributed by atoms with van der Waals surface area (Å²) in [6, 6.07) is 12.6. The molecule has 58 heavy (non-hydrogen) atoms. The number of halogens is 3. The number of nitrogens with two attached hydrogens (primary N) is 1. The number of ether oxygens (including phenoxy) is 1. The Bertz CT molecular complexity index is 2710. The number of nitrogens with zero attached hydrogens (tertiary/aromatic N) is 5. The summed E-state index contributed by atoms with van der Waals surface area (Å²) in [6.07, 6.45) is 9.36. The lowest BCUT2D eigenvalue weighted by Crippen LogP contribution is -2.50. The van der Waals surface area contributed by atoms with Crippen LogP contribution in [0, 0.1) is 17.5 Å². The minimum absolute atomic E-state index is 0.00285. The van der Waals surface area contributed by atoms with E-state index in [0.29, 0.717) is 27.9 Å². The molecule has 1 amide bonds. The number of imidazole rings is 1. The van der Waals surface area contributed by atoms with Gasteiger partial charge in [0.2, 0.25) is 11.8 Å². The van der Waals surface area contributed by atoms with Gasteiger partial charge in [-0.3, -0.25) is 4.79 Å². The number of anilines is 2. The van der Waals surface area contributed by atoms with E-state index < -0.39 is 54.1 Å². The van der Waals surface area contributed by atoms with Gasteiger partial charge in [0.15, 0.2) is 23.0 Å². The lowest BCUT2D eigenvalue weighted by Gasteiger charge is -2.40. The molecule has 2 saturated heterocycles. The van der Waals surface area contributed by atoms with Gasteiger partial charge >= 0.3 is 5.97 Å². The minimum atomic E-state index is -2.56. The first-order valence-corrected chi connectivity index (χ1v) is 22.0. The smallest absolute Gasteiger partial charge is 0.339 e. The van der Waals surface area contributed by atoms with Gasteiger partial charge in [0, 0.05) is 43.0 Å². The minimum Gasteiger partial charge on any atom is -0.478 e. The van der Waals surface area contributed by atoms with Crippen molar-refractivity contribution >= 4 is 59.2 Å². The molecule has 12 nitrogen and oxygen atoms in total. The molecule has 0 unspecified atom stereocenters. The number of hydrogen-bond donors (Lipinski definition) is 4. The zero-order chi connectivity index (χ0) is 40.5. The molecule has 3 aliphatic heterocycles. The lowest BCUT2D eigenvalue weighted by molar-refractivity contribution is -0.582. The third-order valence-electron chi connectivity index (χ3n) is 11.5. The molecular weight excluding hydrogens is 766 g/mol. The van der Waals surface area contributed by atoms with Crippen LogP contribution in [0.15, 0.2) is 77.8 Å². The average molecular weight is 804 g/mol. The second-order valence-electron chi connectivity index (χ2n) is 15.3. The Hall–Kier alpha value is -6.55. The summed E-state index contributed by atoms with van der Waals surface area (Å²) in [4.78, 5) is 43.9. The number of hydrogen-bond acceptors (Lipinski definition) is 8. The number of carbonyl (C=O) groups is 2. The molecule has 3 aromatic carbocycles. The van der Waals surface area contributed by atoms with Crippen LogP contribution in [0.5, 0.6) is 5.88 Å². The van der Waals surface area contributed by atoms with Crippen LogP contribution < -0.4 is 25.9 Å². The summed E-state index contributed by atoms with van der Waals surface area (Å²) in [6.45, 7) is 7.87. The number of aromatic nitrogens is 4. The average Bonchev–Trinajstić information content (AvgIpc) is 3.63. The first-order valence-electron chi connectivity index (χ1n) is 19.0. The fraction of sp³-hybridized carbons (Fsp3) is 0.238. The van der Waals surface area contributed by atoms with Crippen molar-refractivity contribution in [3.63, 3.8) is 0 Å². The van der Waals surface area contributed by atoms with Gasteiger partial charge in [-0.25, -0.2) is 27.5 Å². The number of H-pyrrole nitrogens is 1. The second-order valence-corrected chi connectivity index (χ2v) is 19.6. The first-order chi connectivity index (χ1) is 27.9. The molecule has 16 heteroatoms. The SMILES string of the molecule is C[Si]1(C)C2=CC(=[N+]3CCC3)C=CC2=C(c2c(F)c(C(=O)NCc3ccc(COc4nc(N)nc5nc[nH]c45)cc3)c(F)c(F)c2C(=O)O)c2ccc(N3CCC3)cc21. The van der Waals surface area contributed by atoms with E-state index in [1.165, 1.54) is 6.33 Å². The van der Waals surface area contributed by atoms with Gasteiger partial charge in [-0.15, -0.1) is 0 Å². The Morgan fingerprint density at radius 3 is 2.41 bits per heavy atom. The van der Waals surface area contributed by atoms with E-state index in [1.807, 2.05) is 24.3 Å². The molecule has 5 aromatic rings. The zero-order valence-electron chi connectivity index (χ0n) is 31.6. The molecule has 2 fully saturated rings. The van der Waals surface area contributed by atoms with Crippen molar-refractivity contribution in [2.45, 2.75) is 39.1 Å². The summed E-state index contributed by atoms with van der Waals surface area (Å²) < 4.78 is 57.3. The maximum absolute atomic E-state index is 17.2. The largest absolute Gasteiger partial charge is 0.478 e. The number of amides is 1. The molecule has 0 radical (unpaired) electrons. The highest BCUT2D eigenvalue weighted by Crippen LogP contribution is 2.45. The number of aromatic amines is 1. The predicted octanol–water partition coefficient (Wildman–Crippen LogP) is 5.39. The summed E-state index contributed by atoms with van der Waals surface area (Å²) in [5.41, 5.74) is 8.02. The number of aromatic carboxylic acids is 1. The van der Waals surface area contributed by atoms with E-state index in [-0.39, 0.29) is 30.6 Å². The molecule has 4 aliphatic rings. The van der Waals surface area contributed by atoms with Crippen molar-refractivity contribution in [3.05, 3.63) is 129 Å². The van der Waals surface area contributed by atoms with E-state index in [2.05, 4.69) is 60.0 Å². The predicted molar refractivity (Wildman–Crippen MR) is 215 cm³/mol. The number of fused-ring (bicyclic) bond motifs is 3. The Morgan fingerprint density at radius 1 is 0.983 bits per heavy atom. The van der Waals surface area contributed by atoms with Crippen LogP contribution in [0.25, 0.3) is 16.7 Å². The number of carboxylic acids is 1. The zero-order valence-corrected chi connectivity index (χ0v) is 32.6. The molecular formula is C42H38F3N8O4Si+. The second kappa shape index (κ2) is 14.1. The van der Waals surface area contributed by atoms with Crippen molar-refractivity contribution in [2.75, 3.05) is 36.8 Å². The quantitative estimate of drug-likeness (QED) is 0.0870. The van der Waals surface area contributed by atoms with Gasteiger partial charge in [0.05, 0.1) is 12.7 Å². The van der Waals surface area contributed by atoms with Gasteiger partial charge < -0.3 is 30.8 Å². The summed E-state index contributed by atoms with van der Waals surface area (Å²) in [7, 11) is -2.56. The van der Waals surface area contributed by atoms with E-state index in [0.717, 1.165) is 66.4 Å². The van der Waals surface area contributed by atoms with Crippen molar-refractivity contribution < 1.29 is 37.2 Å². The Balaban J connectivity index is 1.07. The molecule has 0 bridgehead atoms. The molecule has 5 heterocycles. The molecule has 9 rings (SSSR count). The number of carboxylic acid groups (broad SMARTS) is 1. The van der Waals surface area contributed by atoms with Crippen LogP contribution in [0.2, 0.25) is 13.1 Å². The third-order valence-corrected chi connectivity index (χ3v) is 15.0. The number of benzene rings is 3. The maximum Gasteiger partial charge on any atom is 0.339 e. The Morgan fingerprint density at radius 2 is 1.72 bits per heavy atom. The van der Waals surface area contributed by atoms with Crippen molar-refractivity contribution in [1.29, 1.82) is 0 Å². The highest BCUT2D eigenvalue weighted by molar-refractivity contribution is 6.98. The van der Waals surface area contributed by atoms with Crippen LogP contribution in [-0.4, -0.2) is 81.5 Å². The van der Waals surface area contributed by atoms with Gasteiger partial charge in [0.1, 0.15) is 50.2 Å². The maximum atomic E-state index is 17.2. The highest BCUT2D eigenvalue weighted by Gasteiger charge is 2.44. The normalized spacial score (nSPS) is 16.7. The number of nitrogen functional groups attached to an aromatic ring is 1. The fourth-order valence-corrected chi connectivity index (χ4v) is 11.1. The first kappa shape index (κ1) is 37.0. The van der Waals surface area contributed by atoms with Gasteiger partial charge in [-0.1, -0.05) is 43.4 Å². The molecule has 0 spiro atoms. The molecule has 294 valence electrons. The van der Waals surface area contributed by atoms with Gasteiger partial charge in [-0.05, 0) is 62.8 Å². The Labute approximate surface area is 331 Å². The van der Waals surface area contributed by atoms with Gasteiger partial charge in [-0.2, -0.15) is 9.97 Å². The lowest BCUT2D eigenvalue weighted by atomic mass is 9.85. The molecule has 5 N–H and O–H groups in total. The Kier molecular flexibility index (Phi) is 9.02. The molecule has 1 aliphatic carbocycles. The fourth-order valence-electron chi connectivity index (χ4n) is 8.03. The van der Waals surface area contributed by atoms with Crippen LogP contribution in [0.1, 0.15) is 55.8 Å².